The lowest BCUT2D eigenvalue weighted by molar-refractivity contribution is 0.242. The molecule has 24 heavy (non-hydrogen) atoms. The lowest BCUT2D eigenvalue weighted by Gasteiger charge is -2.25. The Balaban J connectivity index is 1.50. The second-order valence-electron chi connectivity index (χ2n) is 8.15. The van der Waals surface area contributed by atoms with E-state index in [0.717, 1.165) is 31.0 Å². The minimum atomic E-state index is 0.558. The maximum Gasteiger partial charge on any atom is 0.191 e. The molecule has 2 aliphatic carbocycles. The first-order valence-electron chi connectivity index (χ1n) is 10.1. The van der Waals surface area contributed by atoms with Gasteiger partial charge in [-0.05, 0) is 59.0 Å². The Bertz CT molecular complexity index is 410. The molecule has 3 rings (SSSR count). The molecule has 0 radical (unpaired) electrons. The van der Waals surface area contributed by atoms with Gasteiger partial charge in [0.25, 0.3) is 0 Å². The Kier molecular flexibility index (Phi) is 6.39. The predicted molar refractivity (Wildman–Crippen MR) is 102 cm³/mol. The van der Waals surface area contributed by atoms with Crippen molar-refractivity contribution in [1.82, 2.24) is 20.4 Å². The number of rotatable bonds is 7. The molecule has 0 aromatic carbocycles. The fraction of sp³-hybridized carbons (Fsp3) is 0.947. The fourth-order valence-corrected chi connectivity index (χ4v) is 4.42. The monoisotopic (exact) mass is 335 g/mol. The molecule has 3 fully saturated rings. The van der Waals surface area contributed by atoms with Crippen LogP contribution in [-0.4, -0.2) is 74.2 Å². The summed E-state index contributed by atoms with van der Waals surface area (Å²) in [5, 5.41) is 7.15. The molecule has 1 heterocycles. The molecule has 2 unspecified atom stereocenters. The number of hydrogen-bond acceptors (Lipinski definition) is 3. The van der Waals surface area contributed by atoms with Crippen molar-refractivity contribution in [2.24, 2.45) is 10.9 Å². The Morgan fingerprint density at radius 3 is 2.54 bits per heavy atom. The van der Waals surface area contributed by atoms with Crippen LogP contribution in [0.15, 0.2) is 4.99 Å². The van der Waals surface area contributed by atoms with Gasteiger partial charge in [-0.3, -0.25) is 9.89 Å². The molecule has 1 aliphatic heterocycles. The van der Waals surface area contributed by atoms with E-state index in [0.29, 0.717) is 12.1 Å². The first kappa shape index (κ1) is 18.0. The third-order valence-electron chi connectivity index (χ3n) is 6.01. The molecule has 138 valence electrons. The molecule has 5 heteroatoms. The van der Waals surface area contributed by atoms with Crippen LogP contribution in [0.4, 0.5) is 0 Å². The van der Waals surface area contributed by atoms with Crippen molar-refractivity contribution in [3.63, 3.8) is 0 Å². The van der Waals surface area contributed by atoms with E-state index >= 15 is 0 Å². The largest absolute Gasteiger partial charge is 0.357 e. The van der Waals surface area contributed by atoms with Crippen molar-refractivity contribution < 1.29 is 0 Å². The molecule has 2 saturated carbocycles. The zero-order valence-electron chi connectivity index (χ0n) is 15.9. The van der Waals surface area contributed by atoms with Crippen molar-refractivity contribution >= 4 is 5.96 Å². The molecule has 1 saturated heterocycles. The van der Waals surface area contributed by atoms with Gasteiger partial charge in [-0.1, -0.05) is 12.8 Å². The van der Waals surface area contributed by atoms with E-state index in [1.54, 1.807) is 0 Å². The SMILES string of the molecule is CCNC(=NCC(C1CC1)N(C)C)NC1CCN(C2CCCC2)C1. The molecule has 0 aromatic rings. The predicted octanol–water partition coefficient (Wildman–Crippen LogP) is 1.90. The quantitative estimate of drug-likeness (QED) is 0.551. The number of hydrogen-bond donors (Lipinski definition) is 2. The normalized spacial score (nSPS) is 27.8. The summed E-state index contributed by atoms with van der Waals surface area (Å²) in [5.41, 5.74) is 0. The van der Waals surface area contributed by atoms with E-state index < -0.39 is 0 Å². The van der Waals surface area contributed by atoms with Gasteiger partial charge in [0.1, 0.15) is 0 Å². The number of likely N-dealkylation sites (N-methyl/N-ethyl adjacent to an activating group) is 1. The highest BCUT2D eigenvalue weighted by molar-refractivity contribution is 5.80. The van der Waals surface area contributed by atoms with E-state index in [1.807, 2.05) is 0 Å². The number of nitrogens with zero attached hydrogens (tertiary/aromatic N) is 3. The lowest BCUT2D eigenvalue weighted by atomic mass is 10.2. The highest BCUT2D eigenvalue weighted by atomic mass is 15.3. The average molecular weight is 336 g/mol. The van der Waals surface area contributed by atoms with Crippen molar-refractivity contribution in [3.05, 3.63) is 0 Å². The minimum absolute atomic E-state index is 0.558. The Morgan fingerprint density at radius 2 is 1.92 bits per heavy atom. The molecule has 3 aliphatic rings. The third kappa shape index (κ3) is 4.85. The maximum absolute atomic E-state index is 4.92. The van der Waals surface area contributed by atoms with Crippen molar-refractivity contribution in [2.45, 2.75) is 70.0 Å². The van der Waals surface area contributed by atoms with Gasteiger partial charge in [-0.15, -0.1) is 0 Å². The average Bonchev–Trinajstić information content (AvgIpc) is 3.05. The summed E-state index contributed by atoms with van der Waals surface area (Å²) in [6.07, 6.45) is 9.68. The summed E-state index contributed by atoms with van der Waals surface area (Å²) in [6, 6.07) is 2.01. The number of likely N-dealkylation sites (tertiary alicyclic amines) is 1. The Morgan fingerprint density at radius 1 is 1.17 bits per heavy atom. The summed E-state index contributed by atoms with van der Waals surface area (Å²) < 4.78 is 0. The van der Waals surface area contributed by atoms with Gasteiger partial charge in [-0.25, -0.2) is 0 Å². The van der Waals surface area contributed by atoms with E-state index in [1.165, 1.54) is 58.0 Å². The zero-order valence-corrected chi connectivity index (χ0v) is 15.9. The molecule has 2 atom stereocenters. The van der Waals surface area contributed by atoms with E-state index in [4.69, 9.17) is 4.99 Å². The lowest BCUT2D eigenvalue weighted by Crippen LogP contribution is -2.46. The van der Waals surface area contributed by atoms with Crippen LogP contribution in [0.25, 0.3) is 0 Å². The number of guanidine groups is 1. The topological polar surface area (TPSA) is 42.9 Å². The zero-order chi connectivity index (χ0) is 16.9. The minimum Gasteiger partial charge on any atom is -0.357 e. The third-order valence-corrected chi connectivity index (χ3v) is 6.01. The van der Waals surface area contributed by atoms with Gasteiger partial charge in [-0.2, -0.15) is 0 Å². The molecule has 0 spiro atoms. The molecular formula is C19H37N5. The van der Waals surface area contributed by atoms with Crippen molar-refractivity contribution in [2.75, 3.05) is 40.3 Å². The van der Waals surface area contributed by atoms with Crippen LogP contribution < -0.4 is 10.6 Å². The summed E-state index contributed by atoms with van der Waals surface area (Å²) in [6.45, 7) is 6.44. The van der Waals surface area contributed by atoms with Crippen molar-refractivity contribution in [1.29, 1.82) is 0 Å². The van der Waals surface area contributed by atoms with E-state index in [2.05, 4.69) is 41.5 Å². The smallest absolute Gasteiger partial charge is 0.191 e. The standard InChI is InChI=1S/C19H37N5/c1-4-20-19(21-13-18(23(2)3)15-9-10-15)22-16-11-12-24(14-16)17-7-5-6-8-17/h15-18H,4-14H2,1-3H3,(H2,20,21,22). The second-order valence-corrected chi connectivity index (χ2v) is 8.15. The summed E-state index contributed by atoms with van der Waals surface area (Å²) in [4.78, 5) is 9.98. The van der Waals surface area contributed by atoms with Gasteiger partial charge in [0, 0.05) is 37.8 Å². The van der Waals surface area contributed by atoms with E-state index in [-0.39, 0.29) is 0 Å². The van der Waals surface area contributed by atoms with Gasteiger partial charge >= 0.3 is 0 Å². The number of nitrogens with one attached hydrogen (secondary N) is 2. The van der Waals surface area contributed by atoms with E-state index in [9.17, 15) is 0 Å². The van der Waals surface area contributed by atoms with Gasteiger partial charge in [0.15, 0.2) is 5.96 Å². The van der Waals surface area contributed by atoms with Crippen molar-refractivity contribution in [3.8, 4) is 0 Å². The van der Waals surface area contributed by atoms with Gasteiger partial charge < -0.3 is 15.5 Å². The van der Waals surface area contributed by atoms with Crippen LogP contribution in [0.3, 0.4) is 0 Å². The fourth-order valence-electron chi connectivity index (χ4n) is 4.42. The van der Waals surface area contributed by atoms with Crippen LogP contribution in [0.5, 0.6) is 0 Å². The highest BCUT2D eigenvalue weighted by Gasteiger charge is 2.33. The Hall–Kier alpha value is -0.810. The number of aliphatic imine (C=N–C) groups is 1. The molecule has 0 aromatic heterocycles. The molecule has 0 bridgehead atoms. The molecular weight excluding hydrogens is 298 g/mol. The molecule has 0 amide bonds. The summed E-state index contributed by atoms with van der Waals surface area (Å²) >= 11 is 0. The first-order chi connectivity index (χ1) is 11.7. The highest BCUT2D eigenvalue weighted by Crippen LogP contribution is 2.34. The van der Waals surface area contributed by atoms with Crippen LogP contribution in [0.2, 0.25) is 0 Å². The van der Waals surface area contributed by atoms with Crippen LogP contribution >= 0.6 is 0 Å². The molecule has 2 N–H and O–H groups in total. The summed E-state index contributed by atoms with van der Waals surface area (Å²) in [5.74, 6) is 1.87. The summed E-state index contributed by atoms with van der Waals surface area (Å²) in [7, 11) is 4.38. The molecule has 5 nitrogen and oxygen atoms in total. The Labute approximate surface area is 148 Å². The van der Waals surface area contributed by atoms with Crippen LogP contribution in [-0.2, 0) is 0 Å². The van der Waals surface area contributed by atoms with Crippen LogP contribution in [0.1, 0.15) is 51.9 Å². The first-order valence-corrected chi connectivity index (χ1v) is 10.1. The second kappa shape index (κ2) is 8.52. The van der Waals surface area contributed by atoms with Crippen LogP contribution in [0, 0.1) is 5.92 Å². The maximum atomic E-state index is 4.92. The van der Waals surface area contributed by atoms with Gasteiger partial charge in [0.05, 0.1) is 6.54 Å². The van der Waals surface area contributed by atoms with Gasteiger partial charge in [0.2, 0.25) is 0 Å².